The molecule has 3 aromatic rings. The van der Waals surface area contributed by atoms with Crippen LogP contribution in [0.4, 0.5) is 0 Å². The molecular formula is C18H13BrINO2. The average molecular weight is 482 g/mol. The highest BCUT2D eigenvalue weighted by Crippen LogP contribution is 2.24. The quantitative estimate of drug-likeness (QED) is 0.517. The lowest BCUT2D eigenvalue weighted by Crippen LogP contribution is -2.22. The molecule has 0 atom stereocenters. The summed E-state index contributed by atoms with van der Waals surface area (Å²) < 4.78 is 7.85. The van der Waals surface area contributed by atoms with Gasteiger partial charge in [-0.1, -0.05) is 34.1 Å². The first-order valence-corrected chi connectivity index (χ1v) is 8.87. The number of carbonyl (C=O) groups excluding carboxylic acids is 1. The van der Waals surface area contributed by atoms with Crippen molar-refractivity contribution in [1.82, 2.24) is 5.32 Å². The molecule has 0 saturated carbocycles. The van der Waals surface area contributed by atoms with E-state index in [1.54, 1.807) is 6.07 Å². The van der Waals surface area contributed by atoms with E-state index in [2.05, 4.69) is 43.8 Å². The van der Waals surface area contributed by atoms with E-state index in [9.17, 15) is 4.79 Å². The Bertz CT molecular complexity index is 827. The van der Waals surface area contributed by atoms with Crippen LogP contribution >= 0.6 is 38.5 Å². The Morgan fingerprint density at radius 2 is 1.87 bits per heavy atom. The lowest BCUT2D eigenvalue weighted by atomic mass is 10.2. The fraction of sp³-hybridized carbons (Fsp3) is 0.0556. The van der Waals surface area contributed by atoms with Gasteiger partial charge in [0, 0.05) is 19.2 Å². The summed E-state index contributed by atoms with van der Waals surface area (Å²) in [7, 11) is 0. The molecule has 0 fully saturated rings. The van der Waals surface area contributed by atoms with Gasteiger partial charge in [-0.25, -0.2) is 0 Å². The molecule has 3 nitrogen and oxygen atoms in total. The van der Waals surface area contributed by atoms with Crippen molar-refractivity contribution in [1.29, 1.82) is 0 Å². The van der Waals surface area contributed by atoms with E-state index in [1.807, 2.05) is 54.6 Å². The van der Waals surface area contributed by atoms with Crippen LogP contribution < -0.4 is 5.32 Å². The zero-order valence-electron chi connectivity index (χ0n) is 12.1. The molecule has 5 heteroatoms. The fourth-order valence-corrected chi connectivity index (χ4v) is 2.95. The third kappa shape index (κ3) is 4.23. The van der Waals surface area contributed by atoms with Gasteiger partial charge in [0.1, 0.15) is 11.5 Å². The average Bonchev–Trinajstić information content (AvgIpc) is 3.02. The first-order valence-electron chi connectivity index (χ1n) is 7.00. The standard InChI is InChI=1S/C18H13BrINO2/c19-14-6-4-12(5-7-14)17-9-8-16(23-17)11-21-18(22)13-2-1-3-15(20)10-13/h1-10H,11H2,(H,21,22). The summed E-state index contributed by atoms with van der Waals surface area (Å²) in [6.07, 6.45) is 0. The monoisotopic (exact) mass is 481 g/mol. The van der Waals surface area contributed by atoms with Crippen molar-refractivity contribution in [2.24, 2.45) is 0 Å². The number of halogens is 2. The summed E-state index contributed by atoms with van der Waals surface area (Å²) in [5, 5.41) is 2.87. The highest BCUT2D eigenvalue weighted by molar-refractivity contribution is 14.1. The van der Waals surface area contributed by atoms with Gasteiger partial charge in [0.2, 0.25) is 0 Å². The molecule has 1 aromatic heterocycles. The minimum atomic E-state index is -0.106. The van der Waals surface area contributed by atoms with Crippen molar-refractivity contribution in [3.63, 3.8) is 0 Å². The van der Waals surface area contributed by atoms with E-state index < -0.39 is 0 Å². The topological polar surface area (TPSA) is 42.2 Å². The first kappa shape index (κ1) is 16.3. The van der Waals surface area contributed by atoms with Crippen LogP contribution in [0, 0.1) is 3.57 Å². The third-order valence-electron chi connectivity index (χ3n) is 3.30. The van der Waals surface area contributed by atoms with Crippen LogP contribution in [0.2, 0.25) is 0 Å². The summed E-state index contributed by atoms with van der Waals surface area (Å²) in [6.45, 7) is 0.362. The normalized spacial score (nSPS) is 10.5. The van der Waals surface area contributed by atoms with Crippen molar-refractivity contribution >= 4 is 44.4 Å². The second-order valence-electron chi connectivity index (χ2n) is 4.97. The zero-order chi connectivity index (χ0) is 16.2. The van der Waals surface area contributed by atoms with E-state index in [4.69, 9.17) is 4.42 Å². The second kappa shape index (κ2) is 7.31. The van der Waals surface area contributed by atoms with Crippen LogP contribution in [-0.2, 0) is 6.54 Å². The summed E-state index contributed by atoms with van der Waals surface area (Å²) in [6, 6.07) is 19.2. The summed E-state index contributed by atoms with van der Waals surface area (Å²) in [5.74, 6) is 1.41. The number of hydrogen-bond donors (Lipinski definition) is 1. The third-order valence-corrected chi connectivity index (χ3v) is 4.50. The second-order valence-corrected chi connectivity index (χ2v) is 7.13. The van der Waals surface area contributed by atoms with Gasteiger partial charge in [-0.05, 0) is 65.1 Å². The van der Waals surface area contributed by atoms with Crippen molar-refractivity contribution in [2.45, 2.75) is 6.54 Å². The molecule has 1 heterocycles. The van der Waals surface area contributed by atoms with Gasteiger partial charge in [0.05, 0.1) is 6.54 Å². The van der Waals surface area contributed by atoms with Crippen LogP contribution in [0.25, 0.3) is 11.3 Å². The molecule has 0 aliphatic heterocycles. The number of carbonyl (C=O) groups is 1. The predicted octanol–water partition coefficient (Wildman–Crippen LogP) is 5.24. The van der Waals surface area contributed by atoms with E-state index in [-0.39, 0.29) is 5.91 Å². The van der Waals surface area contributed by atoms with Gasteiger partial charge in [-0.3, -0.25) is 4.79 Å². The van der Waals surface area contributed by atoms with E-state index in [0.29, 0.717) is 12.1 Å². The molecule has 1 amide bonds. The maximum Gasteiger partial charge on any atom is 0.251 e. The molecule has 3 rings (SSSR count). The summed E-state index contributed by atoms with van der Waals surface area (Å²) in [4.78, 5) is 12.1. The van der Waals surface area contributed by atoms with Gasteiger partial charge in [0.15, 0.2) is 0 Å². The Kier molecular flexibility index (Phi) is 5.17. The zero-order valence-corrected chi connectivity index (χ0v) is 15.8. The lowest BCUT2D eigenvalue weighted by molar-refractivity contribution is 0.0948. The highest BCUT2D eigenvalue weighted by Gasteiger charge is 2.08. The molecule has 0 radical (unpaired) electrons. The Hall–Kier alpha value is -1.60. The first-order chi connectivity index (χ1) is 11.1. The van der Waals surface area contributed by atoms with Gasteiger partial charge >= 0.3 is 0 Å². The molecule has 0 saturated heterocycles. The molecule has 0 bridgehead atoms. The van der Waals surface area contributed by atoms with Crippen molar-refractivity contribution < 1.29 is 9.21 Å². The largest absolute Gasteiger partial charge is 0.459 e. The molecule has 116 valence electrons. The van der Waals surface area contributed by atoms with Gasteiger partial charge in [0.25, 0.3) is 5.91 Å². The molecule has 0 aliphatic rings. The number of nitrogens with one attached hydrogen (secondary N) is 1. The Morgan fingerprint density at radius 3 is 2.61 bits per heavy atom. The predicted molar refractivity (Wildman–Crippen MR) is 102 cm³/mol. The van der Waals surface area contributed by atoms with Crippen molar-refractivity contribution in [2.75, 3.05) is 0 Å². The maximum absolute atomic E-state index is 12.1. The lowest BCUT2D eigenvalue weighted by Gasteiger charge is -2.04. The van der Waals surface area contributed by atoms with Crippen LogP contribution in [0.1, 0.15) is 16.1 Å². The van der Waals surface area contributed by atoms with Gasteiger partial charge < -0.3 is 9.73 Å². The minimum absolute atomic E-state index is 0.106. The number of amides is 1. The Labute approximate surface area is 156 Å². The van der Waals surface area contributed by atoms with Crippen molar-refractivity contribution in [3.05, 3.63) is 80.0 Å². The van der Waals surface area contributed by atoms with Crippen LogP contribution in [0.3, 0.4) is 0 Å². The van der Waals surface area contributed by atoms with Gasteiger partial charge in [-0.2, -0.15) is 0 Å². The van der Waals surface area contributed by atoms with Crippen molar-refractivity contribution in [3.8, 4) is 11.3 Å². The van der Waals surface area contributed by atoms with E-state index >= 15 is 0 Å². The van der Waals surface area contributed by atoms with E-state index in [1.165, 1.54) is 0 Å². The molecule has 23 heavy (non-hydrogen) atoms. The molecule has 1 N–H and O–H groups in total. The molecule has 0 aliphatic carbocycles. The van der Waals surface area contributed by atoms with Crippen LogP contribution in [0.5, 0.6) is 0 Å². The smallest absolute Gasteiger partial charge is 0.251 e. The molecule has 2 aromatic carbocycles. The number of furan rings is 1. The molecular weight excluding hydrogens is 469 g/mol. The highest BCUT2D eigenvalue weighted by atomic mass is 127. The summed E-state index contributed by atoms with van der Waals surface area (Å²) in [5.41, 5.74) is 1.65. The Morgan fingerprint density at radius 1 is 1.09 bits per heavy atom. The van der Waals surface area contributed by atoms with Gasteiger partial charge in [-0.15, -0.1) is 0 Å². The maximum atomic E-state index is 12.1. The van der Waals surface area contributed by atoms with E-state index in [0.717, 1.165) is 25.1 Å². The summed E-state index contributed by atoms with van der Waals surface area (Å²) >= 11 is 5.60. The fourth-order valence-electron chi connectivity index (χ4n) is 2.14. The SMILES string of the molecule is O=C(NCc1ccc(-c2ccc(Br)cc2)o1)c1cccc(I)c1. The van der Waals surface area contributed by atoms with Crippen LogP contribution in [-0.4, -0.2) is 5.91 Å². The van der Waals surface area contributed by atoms with Crippen LogP contribution in [0.15, 0.2) is 69.6 Å². The molecule has 0 unspecified atom stereocenters. The number of hydrogen-bond acceptors (Lipinski definition) is 2. The number of rotatable bonds is 4. The number of benzene rings is 2. The Balaban J connectivity index is 1.65. The molecule has 0 spiro atoms. The minimum Gasteiger partial charge on any atom is -0.459 e.